The molecule has 0 saturated heterocycles. The Hall–Kier alpha value is -1.17. The minimum Gasteiger partial charge on any atom is -0.395 e. The van der Waals surface area contributed by atoms with Gasteiger partial charge in [-0.3, -0.25) is 9.48 Å². The van der Waals surface area contributed by atoms with Crippen molar-refractivity contribution in [2.75, 3.05) is 24.3 Å². The van der Waals surface area contributed by atoms with Crippen LogP contribution in [0.15, 0.2) is 0 Å². The molecule has 0 aliphatic heterocycles. The van der Waals surface area contributed by atoms with E-state index in [2.05, 4.69) is 16.7 Å². The van der Waals surface area contributed by atoms with Gasteiger partial charge < -0.3 is 11.1 Å². The average Bonchev–Trinajstić information content (AvgIpc) is 2.63. The number of nitrogens with one attached hydrogen (secondary N) is 1. The summed E-state index contributed by atoms with van der Waals surface area (Å²) in [5.74, 6) is 0.996. The molecule has 1 aromatic rings. The maximum absolute atomic E-state index is 12.0. The van der Waals surface area contributed by atoms with Gasteiger partial charge in [0.2, 0.25) is 0 Å². The lowest BCUT2D eigenvalue weighted by Crippen LogP contribution is -2.27. The Morgan fingerprint density at radius 1 is 1.50 bits per heavy atom. The molecule has 1 aromatic heterocycles. The van der Waals surface area contributed by atoms with Gasteiger partial charge in [-0.2, -0.15) is 16.9 Å². The molecular weight excluding hydrogens is 248 g/mol. The number of hydrogen-bond donors (Lipinski definition) is 2. The molecule has 0 aliphatic carbocycles. The summed E-state index contributed by atoms with van der Waals surface area (Å²) in [6.45, 7) is 2.66. The molecule has 1 heterocycles. The predicted octanol–water partition coefficient (Wildman–Crippen LogP) is 1.44. The van der Waals surface area contributed by atoms with Gasteiger partial charge in [0.1, 0.15) is 5.69 Å². The number of anilines is 1. The van der Waals surface area contributed by atoms with E-state index in [0.29, 0.717) is 17.9 Å². The van der Waals surface area contributed by atoms with Crippen LogP contribution in [-0.2, 0) is 13.5 Å². The van der Waals surface area contributed by atoms with Gasteiger partial charge in [0, 0.05) is 13.6 Å². The molecule has 0 unspecified atom stereocenters. The van der Waals surface area contributed by atoms with Gasteiger partial charge in [-0.15, -0.1) is 0 Å². The van der Waals surface area contributed by atoms with E-state index in [-0.39, 0.29) is 5.91 Å². The highest BCUT2D eigenvalue weighted by Crippen LogP contribution is 2.16. The Morgan fingerprint density at radius 2 is 2.22 bits per heavy atom. The standard InChI is InChI=1S/C12H22N4OS/c1-4-9-10(13)11(16(2)15-9)12(17)14-7-5-6-8-18-3/h4-8,13H2,1-3H3,(H,14,17). The first kappa shape index (κ1) is 14.9. The van der Waals surface area contributed by atoms with E-state index < -0.39 is 0 Å². The lowest BCUT2D eigenvalue weighted by atomic mass is 10.2. The molecule has 0 saturated carbocycles. The largest absolute Gasteiger partial charge is 0.395 e. The van der Waals surface area contributed by atoms with Crippen LogP contribution in [0.1, 0.15) is 35.9 Å². The zero-order valence-electron chi connectivity index (χ0n) is 11.3. The molecule has 0 atom stereocenters. The Labute approximate surface area is 112 Å². The average molecular weight is 270 g/mol. The van der Waals surface area contributed by atoms with E-state index in [1.165, 1.54) is 0 Å². The highest BCUT2D eigenvalue weighted by molar-refractivity contribution is 7.98. The van der Waals surface area contributed by atoms with Crippen LogP contribution in [0.25, 0.3) is 0 Å². The summed E-state index contributed by atoms with van der Waals surface area (Å²) < 4.78 is 1.56. The lowest BCUT2D eigenvalue weighted by molar-refractivity contribution is 0.0944. The van der Waals surface area contributed by atoms with Gasteiger partial charge in [-0.05, 0) is 31.3 Å². The fourth-order valence-electron chi connectivity index (χ4n) is 1.78. The topological polar surface area (TPSA) is 72.9 Å². The van der Waals surface area contributed by atoms with Crippen molar-refractivity contribution in [3.05, 3.63) is 11.4 Å². The van der Waals surface area contributed by atoms with Crippen LogP contribution in [-0.4, -0.2) is 34.2 Å². The lowest BCUT2D eigenvalue weighted by Gasteiger charge is -2.06. The summed E-state index contributed by atoms with van der Waals surface area (Å²) in [7, 11) is 1.75. The molecule has 18 heavy (non-hydrogen) atoms. The molecule has 0 radical (unpaired) electrons. The number of nitrogens with zero attached hydrogens (tertiary/aromatic N) is 2. The smallest absolute Gasteiger partial charge is 0.271 e. The Kier molecular flexibility index (Phi) is 6.04. The van der Waals surface area contributed by atoms with Crippen molar-refractivity contribution in [3.63, 3.8) is 0 Å². The molecule has 0 aliphatic rings. The van der Waals surface area contributed by atoms with Crippen molar-refractivity contribution >= 4 is 23.4 Å². The number of nitrogen functional groups attached to an aromatic ring is 1. The van der Waals surface area contributed by atoms with Crippen molar-refractivity contribution in [1.82, 2.24) is 15.1 Å². The number of thioether (sulfide) groups is 1. The number of nitrogens with two attached hydrogens (primary N) is 1. The van der Waals surface area contributed by atoms with Gasteiger partial charge in [-0.25, -0.2) is 0 Å². The zero-order valence-corrected chi connectivity index (χ0v) is 12.1. The molecule has 102 valence electrons. The van der Waals surface area contributed by atoms with Crippen molar-refractivity contribution in [1.29, 1.82) is 0 Å². The first-order valence-corrected chi connectivity index (χ1v) is 7.59. The summed E-state index contributed by atoms with van der Waals surface area (Å²) >= 11 is 1.82. The van der Waals surface area contributed by atoms with Crippen molar-refractivity contribution in [2.45, 2.75) is 26.2 Å². The van der Waals surface area contributed by atoms with Gasteiger partial charge in [0.15, 0.2) is 0 Å². The van der Waals surface area contributed by atoms with E-state index in [0.717, 1.165) is 30.7 Å². The van der Waals surface area contributed by atoms with Crippen LogP contribution in [0.2, 0.25) is 0 Å². The third-order valence-electron chi connectivity index (χ3n) is 2.77. The number of carbonyl (C=O) groups excluding carboxylic acids is 1. The van der Waals surface area contributed by atoms with Crippen LogP contribution < -0.4 is 11.1 Å². The van der Waals surface area contributed by atoms with Crippen LogP contribution >= 0.6 is 11.8 Å². The predicted molar refractivity (Wildman–Crippen MR) is 76.9 cm³/mol. The van der Waals surface area contributed by atoms with Gasteiger partial charge in [0.25, 0.3) is 5.91 Å². The molecule has 5 nitrogen and oxygen atoms in total. The second kappa shape index (κ2) is 7.31. The third-order valence-corrected chi connectivity index (χ3v) is 3.47. The van der Waals surface area contributed by atoms with Gasteiger partial charge in [-0.1, -0.05) is 6.92 Å². The monoisotopic (exact) mass is 270 g/mol. The van der Waals surface area contributed by atoms with Gasteiger partial charge in [0.05, 0.1) is 11.4 Å². The van der Waals surface area contributed by atoms with Crippen molar-refractivity contribution in [3.8, 4) is 0 Å². The fourth-order valence-corrected chi connectivity index (χ4v) is 2.28. The SMILES string of the molecule is CCc1nn(C)c(C(=O)NCCCCSC)c1N. The quantitative estimate of drug-likeness (QED) is 0.735. The number of hydrogen-bond acceptors (Lipinski definition) is 4. The van der Waals surface area contributed by atoms with Gasteiger partial charge >= 0.3 is 0 Å². The van der Waals surface area contributed by atoms with Crippen LogP contribution in [0.4, 0.5) is 5.69 Å². The second-order valence-corrected chi connectivity index (χ2v) is 5.13. The fraction of sp³-hybridized carbons (Fsp3) is 0.667. The number of carbonyl (C=O) groups is 1. The summed E-state index contributed by atoms with van der Waals surface area (Å²) in [6, 6.07) is 0. The molecule has 1 rings (SSSR count). The maximum Gasteiger partial charge on any atom is 0.271 e. The molecular formula is C12H22N4OS. The van der Waals surface area contributed by atoms with E-state index >= 15 is 0 Å². The number of aryl methyl sites for hydroxylation is 2. The van der Waals surface area contributed by atoms with Crippen molar-refractivity contribution in [2.24, 2.45) is 7.05 Å². The molecule has 0 fully saturated rings. The molecule has 3 N–H and O–H groups in total. The minimum atomic E-state index is -0.133. The minimum absolute atomic E-state index is 0.133. The number of amides is 1. The summed E-state index contributed by atoms with van der Waals surface area (Å²) in [4.78, 5) is 12.0. The number of unbranched alkanes of at least 4 members (excludes halogenated alkanes) is 1. The maximum atomic E-state index is 12.0. The molecule has 0 bridgehead atoms. The van der Waals surface area contributed by atoms with Crippen LogP contribution in [0, 0.1) is 0 Å². The Morgan fingerprint density at radius 3 is 2.78 bits per heavy atom. The van der Waals surface area contributed by atoms with E-state index in [1.54, 1.807) is 11.7 Å². The van der Waals surface area contributed by atoms with Crippen LogP contribution in [0.5, 0.6) is 0 Å². The van der Waals surface area contributed by atoms with E-state index in [4.69, 9.17) is 5.73 Å². The third kappa shape index (κ3) is 3.66. The first-order valence-electron chi connectivity index (χ1n) is 6.20. The molecule has 1 amide bonds. The number of rotatable bonds is 7. The van der Waals surface area contributed by atoms with Crippen LogP contribution in [0.3, 0.4) is 0 Å². The second-order valence-electron chi connectivity index (χ2n) is 4.14. The Balaban J connectivity index is 2.54. The Bertz CT molecular complexity index is 403. The summed E-state index contributed by atoms with van der Waals surface area (Å²) in [6.07, 6.45) is 4.93. The number of aromatic nitrogens is 2. The molecule has 0 spiro atoms. The zero-order chi connectivity index (χ0) is 13.5. The highest BCUT2D eigenvalue weighted by Gasteiger charge is 2.18. The van der Waals surface area contributed by atoms with E-state index in [9.17, 15) is 4.79 Å². The van der Waals surface area contributed by atoms with E-state index in [1.807, 2.05) is 18.7 Å². The summed E-state index contributed by atoms with van der Waals surface area (Å²) in [5, 5.41) is 7.12. The molecule has 6 heteroatoms. The summed E-state index contributed by atoms with van der Waals surface area (Å²) in [5.41, 5.74) is 7.67. The molecule has 0 aromatic carbocycles. The normalized spacial score (nSPS) is 10.6. The van der Waals surface area contributed by atoms with Crippen molar-refractivity contribution < 1.29 is 4.79 Å². The first-order chi connectivity index (χ1) is 8.61. The highest BCUT2D eigenvalue weighted by atomic mass is 32.2.